The number of nitro groups is 1. The van der Waals surface area contributed by atoms with Crippen molar-refractivity contribution in [2.75, 3.05) is 11.5 Å². The van der Waals surface area contributed by atoms with E-state index >= 15 is 0 Å². The molecule has 0 aliphatic heterocycles. The second-order valence-corrected chi connectivity index (χ2v) is 5.53. The van der Waals surface area contributed by atoms with Crippen LogP contribution in [-0.4, -0.2) is 14.9 Å². The van der Waals surface area contributed by atoms with Crippen LogP contribution in [0.4, 0.5) is 28.7 Å². The van der Waals surface area contributed by atoms with E-state index in [1.165, 1.54) is 18.2 Å². The van der Waals surface area contributed by atoms with E-state index in [9.17, 15) is 10.1 Å². The molecule has 0 aliphatic rings. The van der Waals surface area contributed by atoms with Gasteiger partial charge in [0.2, 0.25) is 0 Å². The molecule has 3 aromatic rings. The molecule has 2 aromatic carbocycles. The van der Waals surface area contributed by atoms with E-state index in [1.807, 2.05) is 30.3 Å². The van der Waals surface area contributed by atoms with Crippen LogP contribution in [0.15, 0.2) is 58.8 Å². The highest BCUT2D eigenvalue weighted by Gasteiger charge is 2.12. The van der Waals surface area contributed by atoms with Crippen LogP contribution in [0.25, 0.3) is 11.4 Å². The molecule has 130 valence electrons. The lowest BCUT2D eigenvalue weighted by molar-refractivity contribution is -0.384. The van der Waals surface area contributed by atoms with E-state index in [0.29, 0.717) is 5.82 Å². The third-order valence-corrected chi connectivity index (χ3v) is 3.67. The Labute approximate surface area is 152 Å². The number of nitrogens with two attached hydrogens (primary N) is 2. The largest absolute Gasteiger partial charge is 0.382 e. The summed E-state index contributed by atoms with van der Waals surface area (Å²) < 4.78 is 0. The van der Waals surface area contributed by atoms with Crippen molar-refractivity contribution in [3.63, 3.8) is 0 Å². The molecule has 0 amide bonds. The maximum atomic E-state index is 10.7. The molecule has 0 spiro atoms. The van der Waals surface area contributed by atoms with Gasteiger partial charge in [0.15, 0.2) is 23.1 Å². The molecule has 0 atom stereocenters. The second kappa shape index (κ2) is 7.11. The zero-order valence-electron chi connectivity index (χ0n) is 13.2. The maximum Gasteiger partial charge on any atom is 0.271 e. The summed E-state index contributed by atoms with van der Waals surface area (Å²) in [6.45, 7) is 0. The number of nitrogen functional groups attached to an aromatic ring is 2. The van der Waals surface area contributed by atoms with Crippen molar-refractivity contribution in [1.82, 2.24) is 9.97 Å². The van der Waals surface area contributed by atoms with Crippen molar-refractivity contribution in [2.45, 2.75) is 0 Å². The fraction of sp³-hybridized carbons (Fsp3) is 0. The fourth-order valence-electron chi connectivity index (χ4n) is 2.10. The zero-order valence-corrected chi connectivity index (χ0v) is 14.0. The molecule has 26 heavy (non-hydrogen) atoms. The standard InChI is InChI=1S/C16H12ClN7O2/c17-11-8-10(24(25)26)6-7-12(11)22-23-13-14(18)20-16(21-15(13)19)9-4-2-1-3-5-9/h1-8H,(H4,18,19,20,21). The lowest BCUT2D eigenvalue weighted by Gasteiger charge is -2.06. The summed E-state index contributed by atoms with van der Waals surface area (Å²) >= 11 is 5.97. The molecule has 0 saturated carbocycles. The Balaban J connectivity index is 1.93. The Kier molecular flexibility index (Phi) is 4.72. The minimum absolute atomic E-state index is 0.0538. The number of non-ortho nitro benzene ring substituents is 1. The highest BCUT2D eigenvalue weighted by Crippen LogP contribution is 2.34. The second-order valence-electron chi connectivity index (χ2n) is 5.13. The molecule has 9 nitrogen and oxygen atoms in total. The Morgan fingerprint density at radius 3 is 2.23 bits per heavy atom. The van der Waals surface area contributed by atoms with Crippen LogP contribution >= 0.6 is 11.6 Å². The molecule has 3 rings (SSSR count). The van der Waals surface area contributed by atoms with Gasteiger partial charge in [-0.2, -0.15) is 0 Å². The third-order valence-electron chi connectivity index (χ3n) is 3.37. The first-order chi connectivity index (χ1) is 12.5. The van der Waals surface area contributed by atoms with Crippen molar-refractivity contribution >= 4 is 40.3 Å². The first-order valence-electron chi connectivity index (χ1n) is 7.30. The number of rotatable bonds is 4. The molecule has 0 unspecified atom stereocenters. The summed E-state index contributed by atoms with van der Waals surface area (Å²) in [6, 6.07) is 13.0. The quantitative estimate of drug-likeness (QED) is 0.398. The molecular formula is C16H12ClN7O2. The molecule has 0 fully saturated rings. The molecular weight excluding hydrogens is 358 g/mol. The smallest absolute Gasteiger partial charge is 0.271 e. The number of nitro benzene ring substituents is 1. The zero-order chi connectivity index (χ0) is 18.7. The van der Waals surface area contributed by atoms with Gasteiger partial charge in [-0.25, -0.2) is 9.97 Å². The summed E-state index contributed by atoms with van der Waals surface area (Å²) in [4.78, 5) is 18.5. The van der Waals surface area contributed by atoms with Crippen LogP contribution in [0, 0.1) is 10.1 Å². The maximum absolute atomic E-state index is 10.7. The van der Waals surface area contributed by atoms with Crippen LogP contribution in [-0.2, 0) is 0 Å². The molecule has 0 aliphatic carbocycles. The number of hydrogen-bond donors (Lipinski definition) is 2. The lowest BCUT2D eigenvalue weighted by Crippen LogP contribution is -2.01. The first-order valence-corrected chi connectivity index (χ1v) is 7.67. The van der Waals surface area contributed by atoms with Crippen molar-refractivity contribution in [1.29, 1.82) is 0 Å². The first kappa shape index (κ1) is 17.2. The van der Waals surface area contributed by atoms with E-state index in [-0.39, 0.29) is 33.7 Å². The molecule has 1 heterocycles. The van der Waals surface area contributed by atoms with Crippen LogP contribution in [0.3, 0.4) is 0 Å². The van der Waals surface area contributed by atoms with E-state index in [1.54, 1.807) is 0 Å². The Morgan fingerprint density at radius 1 is 1.00 bits per heavy atom. The predicted octanol–water partition coefficient (Wildman–Crippen LogP) is 4.29. The lowest BCUT2D eigenvalue weighted by atomic mass is 10.2. The predicted molar refractivity (Wildman–Crippen MR) is 98.6 cm³/mol. The monoisotopic (exact) mass is 369 g/mol. The average molecular weight is 370 g/mol. The number of nitrogens with zero attached hydrogens (tertiary/aromatic N) is 5. The Hall–Kier alpha value is -3.59. The summed E-state index contributed by atoms with van der Waals surface area (Å²) in [5.41, 5.74) is 12.8. The fourth-order valence-corrected chi connectivity index (χ4v) is 2.32. The molecule has 0 radical (unpaired) electrons. The van der Waals surface area contributed by atoms with Gasteiger partial charge in [-0.3, -0.25) is 10.1 Å². The third kappa shape index (κ3) is 3.57. The van der Waals surface area contributed by atoms with Gasteiger partial charge in [-0.1, -0.05) is 41.9 Å². The normalized spacial score (nSPS) is 11.0. The van der Waals surface area contributed by atoms with Crippen molar-refractivity contribution in [2.24, 2.45) is 10.2 Å². The van der Waals surface area contributed by atoms with Gasteiger partial charge >= 0.3 is 0 Å². The van der Waals surface area contributed by atoms with Crippen LogP contribution < -0.4 is 11.5 Å². The van der Waals surface area contributed by atoms with E-state index in [0.717, 1.165) is 5.56 Å². The Morgan fingerprint density at radius 2 is 1.65 bits per heavy atom. The number of aromatic nitrogens is 2. The average Bonchev–Trinajstić information content (AvgIpc) is 2.62. The van der Waals surface area contributed by atoms with Gasteiger partial charge in [0.1, 0.15) is 5.69 Å². The van der Waals surface area contributed by atoms with Crippen molar-refractivity contribution < 1.29 is 4.92 Å². The van der Waals surface area contributed by atoms with Gasteiger partial charge in [-0.05, 0) is 6.07 Å². The van der Waals surface area contributed by atoms with Gasteiger partial charge < -0.3 is 11.5 Å². The Bertz CT molecular complexity index is 986. The van der Waals surface area contributed by atoms with E-state index in [4.69, 9.17) is 23.1 Å². The molecule has 1 aromatic heterocycles. The minimum Gasteiger partial charge on any atom is -0.382 e. The number of anilines is 2. The molecule has 0 bridgehead atoms. The van der Waals surface area contributed by atoms with Crippen molar-refractivity contribution in [3.05, 3.63) is 63.7 Å². The molecule has 0 saturated heterocycles. The summed E-state index contributed by atoms with van der Waals surface area (Å²) in [6.07, 6.45) is 0. The number of halogens is 1. The van der Waals surface area contributed by atoms with Gasteiger partial charge in [0.05, 0.1) is 9.95 Å². The van der Waals surface area contributed by atoms with E-state index in [2.05, 4.69) is 20.2 Å². The molecule has 10 heteroatoms. The molecule has 4 N–H and O–H groups in total. The summed E-state index contributed by atoms with van der Waals surface area (Å²) in [5.74, 6) is 0.476. The van der Waals surface area contributed by atoms with Crippen molar-refractivity contribution in [3.8, 4) is 11.4 Å². The van der Waals surface area contributed by atoms with Crippen LogP contribution in [0.1, 0.15) is 0 Å². The topological polar surface area (TPSA) is 146 Å². The SMILES string of the molecule is Nc1nc(-c2ccccc2)nc(N)c1N=Nc1ccc([N+](=O)[O-])cc1Cl. The van der Waals surface area contributed by atoms with Crippen LogP contribution in [0.2, 0.25) is 5.02 Å². The highest BCUT2D eigenvalue weighted by atomic mass is 35.5. The summed E-state index contributed by atoms with van der Waals surface area (Å²) in [5, 5.41) is 18.7. The van der Waals surface area contributed by atoms with Gasteiger partial charge in [-0.15, -0.1) is 10.2 Å². The van der Waals surface area contributed by atoms with Crippen LogP contribution in [0.5, 0.6) is 0 Å². The van der Waals surface area contributed by atoms with Gasteiger partial charge in [0, 0.05) is 17.7 Å². The number of azo groups is 1. The number of hydrogen-bond acceptors (Lipinski definition) is 8. The highest BCUT2D eigenvalue weighted by molar-refractivity contribution is 6.33. The number of benzene rings is 2. The van der Waals surface area contributed by atoms with Gasteiger partial charge in [0.25, 0.3) is 5.69 Å². The minimum atomic E-state index is -0.557. The summed E-state index contributed by atoms with van der Waals surface area (Å²) in [7, 11) is 0. The van der Waals surface area contributed by atoms with E-state index < -0.39 is 4.92 Å².